The molecule has 1 fully saturated rings. The van der Waals surface area contributed by atoms with Gasteiger partial charge >= 0.3 is 12.1 Å². The summed E-state index contributed by atoms with van der Waals surface area (Å²) in [6.07, 6.45) is 0.603. The van der Waals surface area contributed by atoms with E-state index in [2.05, 4.69) is 6.58 Å². The average Bonchev–Trinajstić information content (AvgIpc) is 2.65. The molecule has 0 radical (unpaired) electrons. The molecule has 0 spiro atoms. The number of esters is 1. The van der Waals surface area contributed by atoms with E-state index < -0.39 is 35.7 Å². The number of aliphatic hydroxyl groups is 1. The highest BCUT2D eigenvalue weighted by molar-refractivity contribution is 5.82. The normalized spacial score (nSPS) is 26.2. The summed E-state index contributed by atoms with van der Waals surface area (Å²) in [6.45, 7) is 8.88. The average molecular weight is 285 g/mol. The third-order valence-corrected chi connectivity index (χ3v) is 3.13. The van der Waals surface area contributed by atoms with Crippen LogP contribution in [-0.2, 0) is 14.3 Å². The molecule has 1 aliphatic rings. The quantitative estimate of drug-likeness (QED) is 0.625. The first kappa shape index (κ1) is 16.5. The van der Waals surface area contributed by atoms with Gasteiger partial charge in [-0.3, -0.25) is 4.90 Å². The van der Waals surface area contributed by atoms with Crippen molar-refractivity contribution in [1.29, 1.82) is 0 Å². The van der Waals surface area contributed by atoms with Crippen LogP contribution in [0.5, 0.6) is 0 Å². The molecule has 0 aliphatic carbocycles. The lowest BCUT2D eigenvalue weighted by Gasteiger charge is -2.28. The van der Waals surface area contributed by atoms with E-state index >= 15 is 0 Å². The van der Waals surface area contributed by atoms with Crippen LogP contribution in [0.4, 0.5) is 4.79 Å². The lowest BCUT2D eigenvalue weighted by atomic mass is 9.94. The van der Waals surface area contributed by atoms with E-state index in [0.717, 1.165) is 0 Å². The van der Waals surface area contributed by atoms with Gasteiger partial charge in [-0.1, -0.05) is 6.08 Å². The number of nitrogens with zero attached hydrogens (tertiary/aromatic N) is 1. The van der Waals surface area contributed by atoms with E-state index in [1.807, 2.05) is 0 Å². The molecule has 20 heavy (non-hydrogen) atoms. The van der Waals surface area contributed by atoms with Crippen LogP contribution >= 0.6 is 0 Å². The van der Waals surface area contributed by atoms with Gasteiger partial charge in [-0.25, -0.2) is 9.59 Å². The molecule has 1 rings (SSSR count). The fraction of sp³-hybridized carbons (Fsp3) is 0.714. The molecule has 0 aromatic rings. The highest BCUT2D eigenvalue weighted by Gasteiger charge is 2.48. The van der Waals surface area contributed by atoms with E-state index in [1.165, 1.54) is 12.0 Å². The van der Waals surface area contributed by atoms with Crippen molar-refractivity contribution in [3.05, 3.63) is 12.7 Å². The van der Waals surface area contributed by atoms with Crippen molar-refractivity contribution >= 4 is 12.1 Å². The van der Waals surface area contributed by atoms with E-state index in [4.69, 9.17) is 9.47 Å². The topological polar surface area (TPSA) is 76.1 Å². The minimum atomic E-state index is -0.845. The zero-order chi connectivity index (χ0) is 15.5. The predicted molar refractivity (Wildman–Crippen MR) is 73.1 cm³/mol. The second-order valence-electron chi connectivity index (χ2n) is 5.86. The number of likely N-dealkylation sites (tertiary alicyclic amines) is 1. The smallest absolute Gasteiger partial charge is 0.411 e. The molecule has 6 heteroatoms. The number of allylic oxidation sites excluding steroid dienone is 1. The number of hydrogen-bond acceptors (Lipinski definition) is 5. The Morgan fingerprint density at radius 1 is 1.45 bits per heavy atom. The molecule has 0 unspecified atom stereocenters. The van der Waals surface area contributed by atoms with Crippen LogP contribution < -0.4 is 0 Å². The van der Waals surface area contributed by atoms with Crippen molar-refractivity contribution in [1.82, 2.24) is 4.90 Å². The number of carbonyl (C=O) groups is 2. The Kier molecular flexibility index (Phi) is 5.16. The number of methoxy groups -OCH3 is 1. The lowest BCUT2D eigenvalue weighted by molar-refractivity contribution is -0.147. The van der Waals surface area contributed by atoms with Crippen LogP contribution in [0.25, 0.3) is 0 Å². The number of carbonyl (C=O) groups excluding carboxylic acids is 2. The molecule has 1 aliphatic heterocycles. The van der Waals surface area contributed by atoms with Gasteiger partial charge in [0.2, 0.25) is 0 Å². The molecule has 6 nitrogen and oxygen atoms in total. The first-order chi connectivity index (χ1) is 9.21. The molecule has 0 bridgehead atoms. The number of amides is 1. The van der Waals surface area contributed by atoms with Crippen molar-refractivity contribution in [2.24, 2.45) is 5.92 Å². The SMILES string of the molecule is C=CC[C@H]1[C@@H](C(=O)OC)N(C(=O)OC(C)(C)C)C[C@@H]1O. The largest absolute Gasteiger partial charge is 0.467 e. The number of aliphatic hydroxyl groups excluding tert-OH is 1. The van der Waals surface area contributed by atoms with Crippen molar-refractivity contribution < 1.29 is 24.2 Å². The highest BCUT2D eigenvalue weighted by atomic mass is 16.6. The van der Waals surface area contributed by atoms with Crippen molar-refractivity contribution in [3.8, 4) is 0 Å². The van der Waals surface area contributed by atoms with Gasteiger partial charge < -0.3 is 14.6 Å². The highest BCUT2D eigenvalue weighted by Crippen LogP contribution is 2.30. The molecular formula is C14H23NO5. The predicted octanol–water partition coefficient (Wildman–Crippen LogP) is 1.33. The maximum atomic E-state index is 12.1. The van der Waals surface area contributed by atoms with E-state index in [0.29, 0.717) is 6.42 Å². The van der Waals surface area contributed by atoms with Gasteiger partial charge in [0.05, 0.1) is 19.8 Å². The van der Waals surface area contributed by atoms with Crippen LogP contribution in [0.2, 0.25) is 0 Å². The maximum Gasteiger partial charge on any atom is 0.411 e. The van der Waals surface area contributed by atoms with Gasteiger partial charge in [0.1, 0.15) is 11.6 Å². The van der Waals surface area contributed by atoms with Crippen molar-refractivity contribution in [2.45, 2.75) is 44.9 Å². The molecule has 0 saturated carbocycles. The number of hydrogen-bond donors (Lipinski definition) is 1. The standard InChI is InChI=1S/C14H23NO5/c1-6-7-9-10(16)8-15(11(9)12(17)19-5)13(18)20-14(2,3)4/h6,9-11,16H,1,7-8H2,2-5H3/t9-,10+,11+/m1/s1. The Hall–Kier alpha value is -1.56. The Bertz CT molecular complexity index is 388. The van der Waals surface area contributed by atoms with Gasteiger partial charge in [-0.2, -0.15) is 0 Å². The van der Waals surface area contributed by atoms with Gasteiger partial charge in [-0.05, 0) is 27.2 Å². The summed E-state index contributed by atoms with van der Waals surface area (Å²) < 4.78 is 10.00. The minimum absolute atomic E-state index is 0.0488. The molecule has 1 amide bonds. The van der Waals surface area contributed by atoms with E-state index in [-0.39, 0.29) is 6.54 Å². The Labute approximate surface area is 119 Å². The first-order valence-corrected chi connectivity index (χ1v) is 6.57. The fourth-order valence-electron chi connectivity index (χ4n) is 2.30. The van der Waals surface area contributed by atoms with Gasteiger partial charge in [-0.15, -0.1) is 6.58 Å². The van der Waals surface area contributed by atoms with Gasteiger partial charge in [0.15, 0.2) is 0 Å². The zero-order valence-corrected chi connectivity index (χ0v) is 12.5. The van der Waals surface area contributed by atoms with Gasteiger partial charge in [0.25, 0.3) is 0 Å². The first-order valence-electron chi connectivity index (χ1n) is 6.57. The second-order valence-corrected chi connectivity index (χ2v) is 5.86. The summed E-state index contributed by atoms with van der Waals surface area (Å²) in [5.41, 5.74) is -0.667. The lowest BCUT2D eigenvalue weighted by Crippen LogP contribution is -2.46. The molecule has 1 saturated heterocycles. The summed E-state index contributed by atoms with van der Waals surface area (Å²) >= 11 is 0. The van der Waals surface area contributed by atoms with Crippen LogP contribution in [0.15, 0.2) is 12.7 Å². The van der Waals surface area contributed by atoms with E-state index in [1.54, 1.807) is 26.8 Å². The number of ether oxygens (including phenoxy) is 2. The van der Waals surface area contributed by atoms with Crippen LogP contribution in [0.1, 0.15) is 27.2 Å². The van der Waals surface area contributed by atoms with Crippen LogP contribution in [0, 0.1) is 5.92 Å². The summed E-state index contributed by atoms with van der Waals surface area (Å²) in [5, 5.41) is 10.0. The third-order valence-electron chi connectivity index (χ3n) is 3.13. The molecular weight excluding hydrogens is 262 g/mol. The van der Waals surface area contributed by atoms with Gasteiger partial charge in [0, 0.05) is 5.92 Å². The van der Waals surface area contributed by atoms with Crippen molar-refractivity contribution in [2.75, 3.05) is 13.7 Å². The number of β-amino-alcohol motifs (C(OH)–C–C–N with tert-alkyl or cyclic N) is 1. The number of rotatable bonds is 3. The molecule has 114 valence electrons. The third kappa shape index (κ3) is 3.72. The summed E-state index contributed by atoms with van der Waals surface area (Å²) in [6, 6.07) is -0.845. The summed E-state index contributed by atoms with van der Waals surface area (Å²) in [5.74, 6) is -0.980. The fourth-order valence-corrected chi connectivity index (χ4v) is 2.30. The second kappa shape index (κ2) is 6.26. The minimum Gasteiger partial charge on any atom is -0.467 e. The summed E-state index contributed by atoms with van der Waals surface area (Å²) in [7, 11) is 1.26. The molecule has 0 aromatic heterocycles. The van der Waals surface area contributed by atoms with Crippen LogP contribution in [-0.4, -0.2) is 53.5 Å². The Morgan fingerprint density at radius 2 is 2.05 bits per heavy atom. The summed E-state index contributed by atoms with van der Waals surface area (Å²) in [4.78, 5) is 25.3. The van der Waals surface area contributed by atoms with E-state index in [9.17, 15) is 14.7 Å². The molecule has 0 aromatic carbocycles. The molecule has 1 N–H and O–H groups in total. The monoisotopic (exact) mass is 285 g/mol. The zero-order valence-electron chi connectivity index (χ0n) is 12.5. The molecule has 1 heterocycles. The van der Waals surface area contributed by atoms with Crippen molar-refractivity contribution in [3.63, 3.8) is 0 Å². The van der Waals surface area contributed by atoms with Crippen LogP contribution in [0.3, 0.4) is 0 Å². The Balaban J connectivity index is 2.96. The maximum absolute atomic E-state index is 12.1. The molecule has 3 atom stereocenters. The Morgan fingerprint density at radius 3 is 2.50 bits per heavy atom.